The third-order valence-corrected chi connectivity index (χ3v) is 7.59. The molecule has 3 aliphatic rings. The van der Waals surface area contributed by atoms with Crippen molar-refractivity contribution in [2.75, 3.05) is 0 Å². The second-order valence-electron chi connectivity index (χ2n) is 6.11. The van der Waals surface area contributed by atoms with Crippen LogP contribution < -0.4 is 10.4 Å². The van der Waals surface area contributed by atoms with Crippen LogP contribution in [0.3, 0.4) is 0 Å². The zero-order chi connectivity index (χ0) is 16.9. The quantitative estimate of drug-likeness (QED) is 0.472. The smallest absolute Gasteiger partial charge is 0.142 e. The Morgan fingerprint density at radius 1 is 0.800 bits per heavy atom. The highest BCUT2D eigenvalue weighted by atomic mass is 32.2. The molecule has 0 amide bonds. The molecule has 0 fully saturated rings. The van der Waals surface area contributed by atoms with Crippen molar-refractivity contribution < 1.29 is 4.79 Å². The van der Waals surface area contributed by atoms with Crippen LogP contribution in [0.1, 0.15) is 16.7 Å². The summed E-state index contributed by atoms with van der Waals surface area (Å²) in [6.07, 6.45) is 8.01. The molecular weight excluding hydrogens is 344 g/mol. The van der Waals surface area contributed by atoms with Crippen molar-refractivity contribution in [2.24, 2.45) is 0 Å². The molecule has 0 N–H and O–H groups in total. The first kappa shape index (κ1) is 15.1. The molecule has 25 heavy (non-hydrogen) atoms. The van der Waals surface area contributed by atoms with Gasteiger partial charge in [-0.1, -0.05) is 54.6 Å². The molecule has 0 radical (unpaired) electrons. The van der Waals surface area contributed by atoms with Gasteiger partial charge in [-0.25, -0.2) is 0 Å². The number of hydrogen-bond acceptors (Lipinski definition) is 3. The normalized spacial score (nSPS) is 18.7. The first-order valence-electron chi connectivity index (χ1n) is 8.14. The van der Waals surface area contributed by atoms with Gasteiger partial charge in [0, 0.05) is 0 Å². The van der Waals surface area contributed by atoms with Crippen LogP contribution >= 0.6 is 23.5 Å². The third-order valence-electron chi connectivity index (χ3n) is 4.82. The molecule has 3 heteroatoms. The molecule has 0 saturated carbocycles. The van der Waals surface area contributed by atoms with Crippen LogP contribution in [0, 0.1) is 0 Å². The van der Waals surface area contributed by atoms with Gasteiger partial charge in [-0.3, -0.25) is 4.79 Å². The molecule has 120 valence electrons. The Morgan fingerprint density at radius 2 is 1.52 bits per heavy atom. The summed E-state index contributed by atoms with van der Waals surface area (Å²) >= 11 is 3.83. The SMILES string of the molecule is O=C/C=C/C=C/c1ccc2c(c1)=C1c3ccccc3C=2C12SC=CS2. The van der Waals surface area contributed by atoms with Crippen LogP contribution in [0.5, 0.6) is 0 Å². The summed E-state index contributed by atoms with van der Waals surface area (Å²) in [6.45, 7) is 0. The Hall–Kier alpha value is -2.23. The number of thioether (sulfide) groups is 2. The molecule has 0 unspecified atom stereocenters. The number of carbonyl (C=O) groups is 1. The van der Waals surface area contributed by atoms with Gasteiger partial charge in [0.1, 0.15) is 10.4 Å². The fourth-order valence-electron chi connectivity index (χ4n) is 3.92. The second kappa shape index (κ2) is 5.65. The largest absolute Gasteiger partial charge is 0.299 e. The van der Waals surface area contributed by atoms with Crippen molar-refractivity contribution >= 4 is 47.0 Å². The molecule has 1 nitrogen and oxygen atoms in total. The Labute approximate surface area is 154 Å². The molecule has 2 bridgehead atoms. The van der Waals surface area contributed by atoms with E-state index in [1.807, 2.05) is 35.7 Å². The lowest BCUT2D eigenvalue weighted by molar-refractivity contribution is -0.104. The van der Waals surface area contributed by atoms with E-state index in [1.165, 1.54) is 38.8 Å². The Balaban J connectivity index is 1.75. The molecule has 1 aliphatic heterocycles. The fraction of sp³-hybridized carbons (Fsp3) is 0.0455. The van der Waals surface area contributed by atoms with Gasteiger partial charge in [0.05, 0.1) is 0 Å². The Bertz CT molecular complexity index is 1110. The van der Waals surface area contributed by atoms with Crippen LogP contribution in [0.25, 0.3) is 17.2 Å². The molecule has 0 aromatic heterocycles. The molecule has 0 saturated heterocycles. The van der Waals surface area contributed by atoms with Crippen molar-refractivity contribution in [3.8, 4) is 0 Å². The second-order valence-corrected chi connectivity index (χ2v) is 8.60. The topological polar surface area (TPSA) is 17.1 Å². The molecular formula is C22H14OS2. The summed E-state index contributed by atoms with van der Waals surface area (Å²) in [5.74, 6) is 0. The maximum absolute atomic E-state index is 10.4. The molecule has 1 spiro atoms. The minimum absolute atomic E-state index is 0.00816. The van der Waals surface area contributed by atoms with Gasteiger partial charge in [-0.2, -0.15) is 0 Å². The molecule has 1 heterocycles. The lowest BCUT2D eigenvalue weighted by atomic mass is 9.98. The summed E-state index contributed by atoms with van der Waals surface area (Å²) in [5.41, 5.74) is 6.79. The minimum Gasteiger partial charge on any atom is -0.299 e. The summed E-state index contributed by atoms with van der Waals surface area (Å²) in [7, 11) is 0. The highest BCUT2D eigenvalue weighted by Gasteiger charge is 2.51. The van der Waals surface area contributed by atoms with Crippen molar-refractivity contribution in [3.63, 3.8) is 0 Å². The van der Waals surface area contributed by atoms with Gasteiger partial charge >= 0.3 is 0 Å². The van der Waals surface area contributed by atoms with Crippen molar-refractivity contribution in [1.82, 2.24) is 0 Å². The number of hydrogen-bond donors (Lipinski definition) is 0. The van der Waals surface area contributed by atoms with E-state index in [0.717, 1.165) is 11.8 Å². The minimum atomic E-state index is -0.00816. The van der Waals surface area contributed by atoms with Gasteiger partial charge in [-0.15, -0.1) is 23.5 Å². The Morgan fingerprint density at radius 3 is 2.24 bits per heavy atom. The van der Waals surface area contributed by atoms with E-state index in [2.05, 4.69) is 53.3 Å². The standard InChI is InChI=1S/C22H14OS2/c23-11-5-1-2-6-15-9-10-18-19(14-15)21-17-8-4-3-7-16(17)20(18)22(21)24-12-13-25-22/h1-14H/b5-1+,6-2+. The maximum atomic E-state index is 10.4. The van der Waals surface area contributed by atoms with Crippen LogP contribution in [0.2, 0.25) is 0 Å². The van der Waals surface area contributed by atoms with E-state index in [1.54, 1.807) is 6.08 Å². The Kier molecular flexibility index (Phi) is 3.40. The van der Waals surface area contributed by atoms with E-state index < -0.39 is 0 Å². The van der Waals surface area contributed by atoms with Crippen LogP contribution in [0.15, 0.2) is 71.5 Å². The van der Waals surface area contributed by atoms with Gasteiger partial charge in [0.2, 0.25) is 0 Å². The number of carbonyl (C=O) groups excluding carboxylic acids is 1. The first-order chi connectivity index (χ1) is 12.3. The maximum Gasteiger partial charge on any atom is 0.142 e. The van der Waals surface area contributed by atoms with Crippen molar-refractivity contribution in [1.29, 1.82) is 0 Å². The van der Waals surface area contributed by atoms with Gasteiger partial charge in [0.25, 0.3) is 0 Å². The lowest BCUT2D eigenvalue weighted by Crippen LogP contribution is -2.27. The average molecular weight is 358 g/mol. The van der Waals surface area contributed by atoms with E-state index in [0.29, 0.717) is 0 Å². The van der Waals surface area contributed by atoms with Gasteiger partial charge < -0.3 is 0 Å². The van der Waals surface area contributed by atoms with E-state index >= 15 is 0 Å². The van der Waals surface area contributed by atoms with Crippen molar-refractivity contribution in [2.45, 2.75) is 4.08 Å². The average Bonchev–Trinajstić information content (AvgIpc) is 3.30. The molecule has 2 aliphatic carbocycles. The van der Waals surface area contributed by atoms with Gasteiger partial charge in [0.15, 0.2) is 0 Å². The molecule has 2 aromatic carbocycles. The highest BCUT2D eigenvalue weighted by Crippen LogP contribution is 2.64. The number of fused-ring (bicyclic) bond motifs is 4. The molecule has 5 rings (SSSR count). The van der Waals surface area contributed by atoms with Crippen LogP contribution in [-0.4, -0.2) is 10.4 Å². The highest BCUT2D eigenvalue weighted by molar-refractivity contribution is 8.25. The predicted octanol–water partition coefficient (Wildman–Crippen LogP) is 3.83. The summed E-state index contributed by atoms with van der Waals surface area (Å²) in [5, 5.41) is 7.14. The number of benzene rings is 2. The zero-order valence-corrected chi connectivity index (χ0v) is 14.9. The van der Waals surface area contributed by atoms with Gasteiger partial charge in [-0.05, 0) is 61.2 Å². The summed E-state index contributed by atoms with van der Waals surface area (Å²) in [4.78, 5) is 10.4. The zero-order valence-electron chi connectivity index (χ0n) is 13.3. The number of aldehydes is 1. The first-order valence-corrected chi connectivity index (χ1v) is 9.90. The fourth-order valence-corrected chi connectivity index (χ4v) is 6.66. The molecule has 2 aromatic rings. The summed E-state index contributed by atoms with van der Waals surface area (Å²) in [6, 6.07) is 15.4. The number of rotatable bonds is 3. The lowest BCUT2D eigenvalue weighted by Gasteiger charge is -2.22. The number of allylic oxidation sites excluding steroid dienone is 3. The predicted molar refractivity (Wildman–Crippen MR) is 108 cm³/mol. The van der Waals surface area contributed by atoms with Crippen LogP contribution in [0.4, 0.5) is 0 Å². The van der Waals surface area contributed by atoms with E-state index in [-0.39, 0.29) is 4.08 Å². The van der Waals surface area contributed by atoms with E-state index in [9.17, 15) is 4.79 Å². The third kappa shape index (κ3) is 2.03. The monoisotopic (exact) mass is 358 g/mol. The van der Waals surface area contributed by atoms with E-state index in [4.69, 9.17) is 0 Å². The molecule has 0 atom stereocenters. The summed E-state index contributed by atoms with van der Waals surface area (Å²) < 4.78 is -0.00816. The van der Waals surface area contributed by atoms with Crippen LogP contribution in [-0.2, 0) is 4.79 Å². The van der Waals surface area contributed by atoms with Crippen molar-refractivity contribution in [3.05, 3.63) is 98.6 Å².